The molecule has 0 bridgehead atoms. The second kappa shape index (κ2) is 6.51. The zero-order chi connectivity index (χ0) is 20.1. The van der Waals surface area contributed by atoms with Crippen molar-refractivity contribution in [3.63, 3.8) is 0 Å². The van der Waals surface area contributed by atoms with Gasteiger partial charge in [-0.15, -0.1) is 0 Å². The van der Waals surface area contributed by atoms with Crippen LogP contribution in [0.2, 0.25) is 0 Å². The minimum absolute atomic E-state index is 0.0583. The summed E-state index contributed by atoms with van der Waals surface area (Å²) in [7, 11) is -3.77. The molecule has 2 aromatic carbocycles. The molecule has 1 saturated heterocycles. The zero-order valence-electron chi connectivity index (χ0n) is 16.2. The molecule has 6 nitrogen and oxygen atoms in total. The number of fused-ring (bicyclic) bond motifs is 1. The Labute approximate surface area is 165 Å². The van der Waals surface area contributed by atoms with Gasteiger partial charge in [0, 0.05) is 18.2 Å². The van der Waals surface area contributed by atoms with Crippen LogP contribution in [0.15, 0.2) is 48.5 Å². The van der Waals surface area contributed by atoms with Crippen LogP contribution in [0.5, 0.6) is 5.75 Å². The maximum Gasteiger partial charge on any atom is 0.250 e. The highest BCUT2D eigenvalue weighted by Gasteiger charge is 2.75. The maximum atomic E-state index is 13.2. The summed E-state index contributed by atoms with van der Waals surface area (Å²) in [6.45, 7) is 6.17. The van der Waals surface area contributed by atoms with Crippen molar-refractivity contribution in [1.82, 2.24) is 0 Å². The molecule has 28 heavy (non-hydrogen) atoms. The highest BCUT2D eigenvalue weighted by Crippen LogP contribution is 2.58. The van der Waals surface area contributed by atoms with Gasteiger partial charge in [0.25, 0.3) is 0 Å². The smallest absolute Gasteiger partial charge is 0.250 e. The van der Waals surface area contributed by atoms with Crippen molar-refractivity contribution in [3.05, 3.63) is 54.1 Å². The van der Waals surface area contributed by atoms with Gasteiger partial charge in [0.05, 0.1) is 11.8 Å². The van der Waals surface area contributed by atoms with Crippen LogP contribution < -0.4 is 14.4 Å². The Morgan fingerprint density at radius 2 is 1.79 bits per heavy atom. The number of hydrogen-bond donors (Lipinski definition) is 1. The lowest BCUT2D eigenvalue weighted by Gasteiger charge is -2.23. The Bertz CT molecular complexity index is 1000. The van der Waals surface area contributed by atoms with Gasteiger partial charge in [0.1, 0.15) is 5.75 Å². The summed E-state index contributed by atoms with van der Waals surface area (Å²) in [5, 5.41) is 2.78. The predicted molar refractivity (Wildman–Crippen MR) is 109 cm³/mol. The first kappa shape index (κ1) is 18.8. The number of anilines is 2. The lowest BCUT2D eigenvalue weighted by atomic mass is 10.2. The number of amides is 1. The number of hydrogen-bond acceptors (Lipinski definition) is 4. The Kier molecular flexibility index (Phi) is 4.38. The first-order chi connectivity index (χ1) is 13.2. The summed E-state index contributed by atoms with van der Waals surface area (Å²) in [5.41, 5.74) is 2.23. The Morgan fingerprint density at radius 3 is 2.39 bits per heavy atom. The van der Waals surface area contributed by atoms with Gasteiger partial charge >= 0.3 is 0 Å². The van der Waals surface area contributed by atoms with Crippen molar-refractivity contribution in [2.24, 2.45) is 5.92 Å². The topological polar surface area (TPSA) is 75.7 Å². The van der Waals surface area contributed by atoms with Crippen LogP contribution >= 0.6 is 0 Å². The zero-order valence-corrected chi connectivity index (χ0v) is 17.0. The van der Waals surface area contributed by atoms with Gasteiger partial charge < -0.3 is 10.1 Å². The Hall–Kier alpha value is -2.54. The molecule has 1 heterocycles. The first-order valence-electron chi connectivity index (χ1n) is 9.41. The highest BCUT2D eigenvalue weighted by atomic mass is 32.2. The molecule has 2 unspecified atom stereocenters. The molecule has 0 spiro atoms. The first-order valence-corrected chi connectivity index (χ1v) is 10.9. The van der Waals surface area contributed by atoms with Crippen molar-refractivity contribution < 1.29 is 17.9 Å². The molecule has 0 aromatic heterocycles. The number of rotatable bonds is 5. The molecule has 2 aliphatic rings. The molecule has 1 aliphatic heterocycles. The number of nitrogens with zero attached hydrogens (tertiary/aromatic N) is 1. The van der Waals surface area contributed by atoms with E-state index in [-0.39, 0.29) is 12.0 Å². The van der Waals surface area contributed by atoms with E-state index in [0.29, 0.717) is 30.1 Å². The van der Waals surface area contributed by atoms with Crippen molar-refractivity contribution in [2.45, 2.75) is 38.0 Å². The molecule has 7 heteroatoms. The predicted octanol–water partition coefficient (Wildman–Crippen LogP) is 3.33. The van der Waals surface area contributed by atoms with Gasteiger partial charge in [-0.25, -0.2) is 8.42 Å². The third-order valence-corrected chi connectivity index (χ3v) is 7.92. The van der Waals surface area contributed by atoms with E-state index in [0.717, 1.165) is 5.56 Å². The third-order valence-electron chi connectivity index (χ3n) is 5.38. The second-order valence-corrected chi connectivity index (χ2v) is 9.93. The van der Waals surface area contributed by atoms with Crippen molar-refractivity contribution >= 4 is 27.3 Å². The minimum atomic E-state index is -3.77. The number of carbonyl (C=O) groups excluding carboxylic acids is 1. The summed E-state index contributed by atoms with van der Waals surface area (Å²) in [5.74, 6) is 0.0708. The van der Waals surface area contributed by atoms with Crippen LogP contribution in [0.25, 0.3) is 0 Å². The number of ether oxygens (including phenoxy) is 1. The van der Waals surface area contributed by atoms with E-state index < -0.39 is 20.7 Å². The van der Waals surface area contributed by atoms with Crippen LogP contribution in [-0.4, -0.2) is 31.7 Å². The lowest BCUT2D eigenvalue weighted by Crippen LogP contribution is -2.42. The molecular formula is C21H24N2O4S. The number of nitrogens with one attached hydrogen (secondary N) is 1. The molecule has 1 N–H and O–H groups in total. The number of carbonyl (C=O) groups is 1. The summed E-state index contributed by atoms with van der Waals surface area (Å²) in [6, 6.07) is 14.3. The normalized spacial score (nSPS) is 24.7. The summed E-state index contributed by atoms with van der Waals surface area (Å²) < 4.78 is 32.0. The number of sulfonamides is 1. The maximum absolute atomic E-state index is 13.2. The summed E-state index contributed by atoms with van der Waals surface area (Å²) in [6.07, 6.45) is 0.431. The quantitative estimate of drug-likeness (QED) is 0.835. The molecule has 4 rings (SSSR count). The van der Waals surface area contributed by atoms with Crippen LogP contribution in [0.4, 0.5) is 11.4 Å². The monoisotopic (exact) mass is 400 g/mol. The summed E-state index contributed by atoms with van der Waals surface area (Å²) >= 11 is 0. The van der Waals surface area contributed by atoms with E-state index in [4.69, 9.17) is 4.74 Å². The van der Waals surface area contributed by atoms with Crippen LogP contribution in [0, 0.1) is 12.8 Å². The fourth-order valence-electron chi connectivity index (χ4n) is 3.81. The average Bonchev–Trinajstić information content (AvgIpc) is 3.33. The van der Waals surface area contributed by atoms with Gasteiger partial charge in [0.2, 0.25) is 15.9 Å². The summed E-state index contributed by atoms with van der Waals surface area (Å²) in [4.78, 5) is 12.9. The molecule has 1 amide bonds. The van der Waals surface area contributed by atoms with Crippen LogP contribution in [0.3, 0.4) is 0 Å². The standard InChI is InChI=1S/C21H24N2O4S/c1-14(2)27-19-10-6-17(7-11-19)22-20(24)21-12-16(21)13-23(28(21,25)26)18-8-4-15(3)5-9-18/h4-11,14,16H,12-13H2,1-3H3,(H,22,24). The van der Waals surface area contributed by atoms with Gasteiger partial charge in [-0.3, -0.25) is 9.10 Å². The molecule has 1 saturated carbocycles. The third kappa shape index (κ3) is 2.94. The fourth-order valence-corrected chi connectivity index (χ4v) is 6.17. The van der Waals surface area contributed by atoms with Crippen molar-refractivity contribution in [2.75, 3.05) is 16.2 Å². The molecule has 1 aliphatic carbocycles. The van der Waals surface area contributed by atoms with Gasteiger partial charge in [0.15, 0.2) is 4.75 Å². The van der Waals surface area contributed by atoms with Crippen LogP contribution in [-0.2, 0) is 14.8 Å². The largest absolute Gasteiger partial charge is 0.491 e. The minimum Gasteiger partial charge on any atom is -0.491 e. The van der Waals surface area contributed by atoms with E-state index in [1.54, 1.807) is 36.4 Å². The number of benzene rings is 2. The van der Waals surface area contributed by atoms with Crippen molar-refractivity contribution in [1.29, 1.82) is 0 Å². The van der Waals surface area contributed by atoms with Gasteiger partial charge in [-0.05, 0) is 63.6 Å². The van der Waals surface area contributed by atoms with E-state index in [2.05, 4.69) is 5.32 Å². The fraction of sp³-hybridized carbons (Fsp3) is 0.381. The molecule has 2 fully saturated rings. The highest BCUT2D eigenvalue weighted by molar-refractivity contribution is 7.95. The van der Waals surface area contributed by atoms with E-state index >= 15 is 0 Å². The number of aryl methyl sites for hydroxylation is 1. The molecule has 2 aromatic rings. The van der Waals surface area contributed by atoms with Gasteiger partial charge in [-0.2, -0.15) is 0 Å². The van der Waals surface area contributed by atoms with E-state index in [1.165, 1.54) is 4.31 Å². The lowest BCUT2D eigenvalue weighted by molar-refractivity contribution is -0.116. The molecular weight excluding hydrogens is 376 g/mol. The van der Waals surface area contributed by atoms with E-state index in [1.807, 2.05) is 32.9 Å². The SMILES string of the molecule is Cc1ccc(N2CC3CC3(C(=O)Nc3ccc(OC(C)C)cc3)S2(=O)=O)cc1. The van der Waals surface area contributed by atoms with E-state index in [9.17, 15) is 13.2 Å². The van der Waals surface area contributed by atoms with Gasteiger partial charge in [-0.1, -0.05) is 17.7 Å². The molecule has 148 valence electrons. The Balaban J connectivity index is 1.53. The Morgan fingerprint density at radius 1 is 1.14 bits per heavy atom. The second-order valence-electron chi connectivity index (χ2n) is 7.81. The molecule has 0 radical (unpaired) electrons. The average molecular weight is 401 g/mol. The molecule has 2 atom stereocenters. The van der Waals surface area contributed by atoms with Crippen LogP contribution in [0.1, 0.15) is 25.8 Å². The van der Waals surface area contributed by atoms with Crippen molar-refractivity contribution in [3.8, 4) is 5.75 Å².